The van der Waals surface area contributed by atoms with Gasteiger partial charge in [-0.3, -0.25) is 19.2 Å². The van der Waals surface area contributed by atoms with Crippen LogP contribution in [0.4, 0.5) is 0 Å². The molecule has 28 heavy (non-hydrogen) atoms. The SMILES string of the molecule is Cc1ccc2cc(CN3CCC[C@H](c4ccn(CC(=O)O)n4)C3)c(=O)[nH]c2c1. The third kappa shape index (κ3) is 3.99. The number of likely N-dealkylation sites (tertiary alicyclic amines) is 1. The van der Waals surface area contributed by atoms with Crippen molar-refractivity contribution in [2.45, 2.75) is 38.8 Å². The maximum Gasteiger partial charge on any atom is 0.325 e. The number of hydrogen-bond donors (Lipinski definition) is 2. The van der Waals surface area contributed by atoms with Crippen molar-refractivity contribution in [1.82, 2.24) is 19.7 Å². The number of carbonyl (C=O) groups is 1. The Morgan fingerprint density at radius 2 is 2.18 bits per heavy atom. The highest BCUT2D eigenvalue weighted by Crippen LogP contribution is 2.26. The summed E-state index contributed by atoms with van der Waals surface area (Å²) in [5.74, 6) is -0.642. The van der Waals surface area contributed by atoms with Crippen LogP contribution in [-0.2, 0) is 17.9 Å². The van der Waals surface area contributed by atoms with Crippen molar-refractivity contribution in [2.24, 2.45) is 0 Å². The van der Waals surface area contributed by atoms with Crippen molar-refractivity contribution in [1.29, 1.82) is 0 Å². The Hall–Kier alpha value is -2.93. The number of nitrogens with zero attached hydrogens (tertiary/aromatic N) is 3. The van der Waals surface area contributed by atoms with Crippen LogP contribution < -0.4 is 5.56 Å². The van der Waals surface area contributed by atoms with Gasteiger partial charge in [-0.1, -0.05) is 12.1 Å². The Balaban J connectivity index is 1.49. The molecule has 1 aromatic carbocycles. The predicted molar refractivity (Wildman–Crippen MR) is 106 cm³/mol. The number of carboxylic acid groups (broad SMARTS) is 1. The summed E-state index contributed by atoms with van der Waals surface area (Å²) in [5.41, 5.74) is 3.65. The highest BCUT2D eigenvalue weighted by Gasteiger charge is 2.24. The van der Waals surface area contributed by atoms with Crippen LogP contribution in [0.3, 0.4) is 0 Å². The number of H-pyrrole nitrogens is 1. The Morgan fingerprint density at radius 3 is 3.00 bits per heavy atom. The van der Waals surface area contributed by atoms with E-state index in [1.165, 1.54) is 4.68 Å². The van der Waals surface area contributed by atoms with E-state index in [0.717, 1.165) is 53.7 Å². The normalized spacial score (nSPS) is 17.8. The largest absolute Gasteiger partial charge is 0.480 e. The van der Waals surface area contributed by atoms with E-state index >= 15 is 0 Å². The molecule has 0 aliphatic carbocycles. The standard InChI is InChI=1S/C21H24N4O3/c1-14-4-5-15-10-17(21(28)22-19(15)9-14)12-24-7-2-3-16(11-24)18-6-8-25(23-18)13-20(26)27/h4-6,8-10,16H,2-3,7,11-13H2,1H3,(H,22,28)(H,26,27)/t16-/m0/s1. The van der Waals surface area contributed by atoms with Gasteiger partial charge in [-0.25, -0.2) is 0 Å². The van der Waals surface area contributed by atoms with E-state index in [4.69, 9.17) is 5.11 Å². The average Bonchev–Trinajstić information content (AvgIpc) is 3.10. The Kier molecular flexibility index (Phi) is 5.00. The van der Waals surface area contributed by atoms with Crippen LogP contribution in [0.1, 0.15) is 35.6 Å². The first kappa shape index (κ1) is 18.4. The summed E-state index contributed by atoms with van der Waals surface area (Å²) in [6.07, 6.45) is 3.77. The molecule has 1 saturated heterocycles. The van der Waals surface area contributed by atoms with Crippen LogP contribution in [0.2, 0.25) is 0 Å². The maximum absolute atomic E-state index is 12.5. The Labute approximate surface area is 162 Å². The van der Waals surface area contributed by atoms with Gasteiger partial charge in [-0.15, -0.1) is 0 Å². The van der Waals surface area contributed by atoms with Crippen LogP contribution in [0.25, 0.3) is 10.9 Å². The minimum atomic E-state index is -0.898. The number of carboxylic acids is 1. The van der Waals surface area contributed by atoms with Crippen molar-refractivity contribution < 1.29 is 9.90 Å². The summed E-state index contributed by atoms with van der Waals surface area (Å²) in [6, 6.07) is 9.97. The first-order chi connectivity index (χ1) is 13.5. The molecule has 7 heteroatoms. The lowest BCUT2D eigenvalue weighted by Crippen LogP contribution is -2.35. The van der Waals surface area contributed by atoms with E-state index in [9.17, 15) is 9.59 Å². The molecule has 0 bridgehead atoms. The lowest BCUT2D eigenvalue weighted by Gasteiger charge is -2.31. The van der Waals surface area contributed by atoms with Gasteiger partial charge in [-0.2, -0.15) is 5.10 Å². The maximum atomic E-state index is 12.5. The van der Waals surface area contributed by atoms with Crippen LogP contribution in [-0.4, -0.2) is 43.8 Å². The van der Waals surface area contributed by atoms with Crippen LogP contribution >= 0.6 is 0 Å². The van der Waals surface area contributed by atoms with Crippen molar-refractivity contribution in [3.63, 3.8) is 0 Å². The zero-order valence-electron chi connectivity index (χ0n) is 15.9. The van der Waals surface area contributed by atoms with Crippen molar-refractivity contribution in [3.05, 3.63) is 63.7 Å². The monoisotopic (exact) mass is 380 g/mol. The van der Waals surface area contributed by atoms with Gasteiger partial charge in [0.15, 0.2) is 0 Å². The number of aromatic amines is 1. The molecule has 0 amide bonds. The summed E-state index contributed by atoms with van der Waals surface area (Å²) >= 11 is 0. The first-order valence-corrected chi connectivity index (χ1v) is 9.58. The second kappa shape index (κ2) is 7.59. The molecule has 1 fully saturated rings. The third-order valence-electron chi connectivity index (χ3n) is 5.35. The Morgan fingerprint density at radius 1 is 1.32 bits per heavy atom. The highest BCUT2D eigenvalue weighted by molar-refractivity contribution is 5.79. The number of fused-ring (bicyclic) bond motifs is 1. The molecule has 3 heterocycles. The van der Waals surface area contributed by atoms with Gasteiger partial charge in [0.25, 0.3) is 5.56 Å². The minimum Gasteiger partial charge on any atom is -0.480 e. The molecule has 1 aliphatic rings. The van der Waals surface area contributed by atoms with E-state index in [-0.39, 0.29) is 18.0 Å². The molecule has 0 radical (unpaired) electrons. The molecule has 1 atom stereocenters. The molecule has 1 aliphatic heterocycles. The highest BCUT2D eigenvalue weighted by atomic mass is 16.4. The van der Waals surface area contributed by atoms with Gasteiger partial charge >= 0.3 is 5.97 Å². The lowest BCUT2D eigenvalue weighted by molar-refractivity contribution is -0.137. The minimum absolute atomic E-state index is 0.0361. The molecule has 4 rings (SSSR count). The van der Waals surface area contributed by atoms with Gasteiger partial charge in [-0.05, 0) is 55.5 Å². The van der Waals surface area contributed by atoms with Crippen LogP contribution in [0.5, 0.6) is 0 Å². The second-order valence-corrected chi connectivity index (χ2v) is 7.62. The number of benzene rings is 1. The second-order valence-electron chi connectivity index (χ2n) is 7.62. The number of pyridine rings is 1. The van der Waals surface area contributed by atoms with Crippen molar-refractivity contribution in [3.8, 4) is 0 Å². The topological polar surface area (TPSA) is 91.2 Å². The average molecular weight is 380 g/mol. The van der Waals surface area contributed by atoms with E-state index < -0.39 is 5.97 Å². The number of hydrogen-bond acceptors (Lipinski definition) is 4. The lowest BCUT2D eigenvalue weighted by atomic mass is 9.94. The molecule has 146 valence electrons. The number of aliphatic carboxylic acids is 1. The zero-order valence-corrected chi connectivity index (χ0v) is 15.9. The summed E-state index contributed by atoms with van der Waals surface area (Å²) in [4.78, 5) is 28.7. The van der Waals surface area contributed by atoms with Crippen LogP contribution in [0, 0.1) is 6.92 Å². The fourth-order valence-corrected chi connectivity index (χ4v) is 3.98. The molecule has 2 N–H and O–H groups in total. The number of aromatic nitrogens is 3. The summed E-state index contributed by atoms with van der Waals surface area (Å²) in [7, 11) is 0. The molecular formula is C21H24N4O3. The van der Waals surface area contributed by atoms with E-state index in [1.54, 1.807) is 6.20 Å². The van der Waals surface area contributed by atoms with Crippen molar-refractivity contribution >= 4 is 16.9 Å². The van der Waals surface area contributed by atoms with Gasteiger partial charge in [0.2, 0.25) is 0 Å². The molecular weight excluding hydrogens is 356 g/mol. The molecule has 7 nitrogen and oxygen atoms in total. The number of aryl methyl sites for hydroxylation is 1. The molecule has 3 aromatic rings. The zero-order chi connectivity index (χ0) is 19.7. The van der Waals surface area contributed by atoms with Gasteiger partial charge in [0.05, 0.1) is 5.69 Å². The predicted octanol–water partition coefficient (Wildman–Crippen LogP) is 2.50. The fraction of sp³-hybridized carbons (Fsp3) is 0.381. The first-order valence-electron chi connectivity index (χ1n) is 9.58. The van der Waals surface area contributed by atoms with E-state index in [0.29, 0.717) is 6.54 Å². The van der Waals surface area contributed by atoms with Gasteiger partial charge in [0.1, 0.15) is 6.54 Å². The third-order valence-corrected chi connectivity index (χ3v) is 5.35. The summed E-state index contributed by atoms with van der Waals surface area (Å²) in [5, 5.41) is 14.4. The Bertz CT molecular complexity index is 1070. The molecule has 0 saturated carbocycles. The van der Waals surface area contributed by atoms with Gasteiger partial charge in [0, 0.05) is 36.3 Å². The molecule has 0 spiro atoms. The molecule has 2 aromatic heterocycles. The summed E-state index contributed by atoms with van der Waals surface area (Å²) < 4.78 is 1.46. The van der Waals surface area contributed by atoms with Gasteiger partial charge < -0.3 is 10.1 Å². The number of rotatable bonds is 5. The quantitative estimate of drug-likeness (QED) is 0.710. The fourth-order valence-electron chi connectivity index (χ4n) is 3.98. The number of piperidine rings is 1. The van der Waals surface area contributed by atoms with E-state index in [1.807, 2.05) is 31.2 Å². The number of nitrogens with one attached hydrogen (secondary N) is 1. The van der Waals surface area contributed by atoms with Crippen molar-refractivity contribution in [2.75, 3.05) is 13.1 Å². The molecule has 0 unspecified atom stereocenters. The summed E-state index contributed by atoms with van der Waals surface area (Å²) in [6.45, 7) is 4.25. The van der Waals surface area contributed by atoms with E-state index in [2.05, 4.69) is 21.0 Å². The smallest absolute Gasteiger partial charge is 0.325 e. The van der Waals surface area contributed by atoms with Crippen LogP contribution in [0.15, 0.2) is 41.3 Å².